The van der Waals surface area contributed by atoms with E-state index in [1.807, 2.05) is 0 Å². The Morgan fingerprint density at radius 2 is 1.69 bits per heavy atom. The Balaban J connectivity index is 3.50. The van der Waals surface area contributed by atoms with Crippen LogP contribution in [-0.2, 0) is 10.1 Å². The third-order valence-electron chi connectivity index (χ3n) is 1.28. The maximum atomic E-state index is 10.6. The van der Waals surface area contributed by atoms with Crippen LogP contribution in [0.25, 0.3) is 0 Å². The third-order valence-corrected chi connectivity index (χ3v) is 2.90. The lowest BCUT2D eigenvalue weighted by atomic mass is 10.3. The van der Waals surface area contributed by atoms with Crippen molar-refractivity contribution in [2.75, 3.05) is 0 Å². The Kier molecular flexibility index (Phi) is 2.72. The molecule has 1 aromatic carbocycles. The van der Waals surface area contributed by atoms with Crippen LogP contribution in [0.5, 0.6) is 5.75 Å². The van der Waals surface area contributed by atoms with E-state index in [2.05, 4.69) is 0 Å². The van der Waals surface area contributed by atoms with Crippen molar-refractivity contribution >= 4 is 33.3 Å². The summed E-state index contributed by atoms with van der Waals surface area (Å²) in [5.41, 5.74) is 0. The summed E-state index contributed by atoms with van der Waals surface area (Å²) in [5, 5.41) is 8.51. The smallest absolute Gasteiger partial charge is 0.296 e. The van der Waals surface area contributed by atoms with Crippen molar-refractivity contribution in [1.82, 2.24) is 0 Å². The summed E-state index contributed by atoms with van der Waals surface area (Å²) in [5.74, 6) is -0.348. The SMILES string of the molecule is O=S(=O)(O)c1cc(Cl)c(O)cc1Cl. The second-order valence-corrected chi connectivity index (χ2v) is 4.41. The van der Waals surface area contributed by atoms with E-state index >= 15 is 0 Å². The summed E-state index contributed by atoms with van der Waals surface area (Å²) in [4.78, 5) is -0.531. The van der Waals surface area contributed by atoms with Crippen molar-refractivity contribution in [2.24, 2.45) is 0 Å². The van der Waals surface area contributed by atoms with Gasteiger partial charge in [-0.25, -0.2) is 0 Å². The van der Waals surface area contributed by atoms with Gasteiger partial charge in [0.25, 0.3) is 10.1 Å². The molecule has 0 bridgehead atoms. The number of halogens is 2. The summed E-state index contributed by atoms with van der Waals surface area (Å²) in [6.07, 6.45) is 0. The van der Waals surface area contributed by atoms with Gasteiger partial charge in [-0.2, -0.15) is 8.42 Å². The van der Waals surface area contributed by atoms with Gasteiger partial charge in [-0.1, -0.05) is 23.2 Å². The van der Waals surface area contributed by atoms with E-state index in [9.17, 15) is 8.42 Å². The summed E-state index contributed by atoms with van der Waals surface area (Å²) in [6.45, 7) is 0. The van der Waals surface area contributed by atoms with E-state index in [0.29, 0.717) is 0 Å². The minimum atomic E-state index is -4.40. The first-order chi connectivity index (χ1) is 5.82. The number of phenols is 1. The number of phenolic OH excluding ortho intramolecular Hbond substituents is 1. The third kappa shape index (κ3) is 2.25. The Morgan fingerprint density at radius 3 is 2.15 bits per heavy atom. The van der Waals surface area contributed by atoms with Crippen molar-refractivity contribution in [3.63, 3.8) is 0 Å². The van der Waals surface area contributed by atoms with Gasteiger partial charge < -0.3 is 5.11 Å². The molecule has 1 rings (SSSR count). The highest BCUT2D eigenvalue weighted by Gasteiger charge is 2.16. The average molecular weight is 243 g/mol. The molecular weight excluding hydrogens is 239 g/mol. The molecule has 0 aliphatic heterocycles. The minimum Gasteiger partial charge on any atom is -0.506 e. The van der Waals surface area contributed by atoms with E-state index < -0.39 is 15.0 Å². The van der Waals surface area contributed by atoms with Gasteiger partial charge in [-0.05, 0) is 6.07 Å². The Hall–Kier alpha value is -0.490. The highest BCUT2D eigenvalue weighted by Crippen LogP contribution is 2.32. The maximum Gasteiger partial charge on any atom is 0.296 e. The topological polar surface area (TPSA) is 74.6 Å². The lowest BCUT2D eigenvalue weighted by Crippen LogP contribution is -1.98. The highest BCUT2D eigenvalue weighted by molar-refractivity contribution is 7.86. The molecule has 0 aromatic heterocycles. The van der Waals surface area contributed by atoms with Crippen LogP contribution >= 0.6 is 23.2 Å². The van der Waals surface area contributed by atoms with Gasteiger partial charge in [0.1, 0.15) is 10.6 Å². The molecule has 7 heteroatoms. The summed E-state index contributed by atoms with van der Waals surface area (Å²) in [7, 11) is -4.40. The molecule has 0 aliphatic carbocycles. The lowest BCUT2D eigenvalue weighted by Gasteiger charge is -2.02. The van der Waals surface area contributed by atoms with Crippen LogP contribution in [0.3, 0.4) is 0 Å². The molecule has 0 saturated carbocycles. The number of benzene rings is 1. The van der Waals surface area contributed by atoms with Crippen LogP contribution in [0.15, 0.2) is 17.0 Å². The summed E-state index contributed by atoms with van der Waals surface area (Å²) < 4.78 is 29.9. The quantitative estimate of drug-likeness (QED) is 0.739. The molecule has 4 nitrogen and oxygen atoms in total. The molecule has 13 heavy (non-hydrogen) atoms. The normalized spacial score (nSPS) is 11.6. The molecule has 0 spiro atoms. The second kappa shape index (κ2) is 3.34. The van der Waals surface area contributed by atoms with Crippen molar-refractivity contribution < 1.29 is 18.1 Å². The van der Waals surface area contributed by atoms with Gasteiger partial charge in [0.05, 0.1) is 10.0 Å². The molecule has 0 saturated heterocycles. The van der Waals surface area contributed by atoms with Gasteiger partial charge in [-0.15, -0.1) is 0 Å². The Morgan fingerprint density at radius 1 is 1.15 bits per heavy atom. The fourth-order valence-corrected chi connectivity index (χ4v) is 1.97. The molecule has 0 amide bonds. The molecule has 72 valence electrons. The Bertz CT molecular complexity index is 440. The van der Waals surface area contributed by atoms with Crippen LogP contribution in [0.4, 0.5) is 0 Å². The van der Waals surface area contributed by atoms with Gasteiger partial charge in [0.15, 0.2) is 0 Å². The largest absolute Gasteiger partial charge is 0.506 e. The molecule has 1 aromatic rings. The standard InChI is InChI=1S/C6H4Cl2O4S/c7-3-2-6(13(10,11)12)4(8)1-5(3)9/h1-2,9H,(H,10,11,12). The lowest BCUT2D eigenvalue weighted by molar-refractivity contribution is 0.473. The van der Waals surface area contributed by atoms with E-state index in [0.717, 1.165) is 12.1 Å². The highest BCUT2D eigenvalue weighted by atomic mass is 35.5. The van der Waals surface area contributed by atoms with E-state index in [4.69, 9.17) is 32.9 Å². The zero-order valence-electron chi connectivity index (χ0n) is 6.03. The first-order valence-electron chi connectivity index (χ1n) is 2.98. The summed E-state index contributed by atoms with van der Waals surface area (Å²) in [6, 6.07) is 1.81. The molecule has 0 atom stereocenters. The molecule has 0 heterocycles. The number of hydrogen-bond acceptors (Lipinski definition) is 3. The fraction of sp³-hybridized carbons (Fsp3) is 0. The molecule has 0 aliphatic rings. The van der Waals surface area contributed by atoms with Crippen LogP contribution < -0.4 is 0 Å². The minimum absolute atomic E-state index is 0.197. The molecule has 0 radical (unpaired) electrons. The van der Waals surface area contributed by atoms with E-state index in [-0.39, 0.29) is 15.8 Å². The Labute approximate surface area is 84.5 Å². The van der Waals surface area contributed by atoms with Gasteiger partial charge in [0.2, 0.25) is 0 Å². The fourth-order valence-electron chi connectivity index (χ4n) is 0.716. The molecule has 0 fully saturated rings. The van der Waals surface area contributed by atoms with Crippen molar-refractivity contribution in [1.29, 1.82) is 0 Å². The zero-order valence-corrected chi connectivity index (χ0v) is 8.36. The first kappa shape index (κ1) is 10.6. The predicted molar refractivity (Wildman–Crippen MR) is 47.9 cm³/mol. The van der Waals surface area contributed by atoms with Crippen LogP contribution in [0.2, 0.25) is 10.0 Å². The second-order valence-electron chi connectivity index (χ2n) is 2.21. The molecular formula is C6H4Cl2O4S. The van der Waals surface area contributed by atoms with Crippen molar-refractivity contribution in [2.45, 2.75) is 4.90 Å². The van der Waals surface area contributed by atoms with Crippen LogP contribution in [0, 0.1) is 0 Å². The van der Waals surface area contributed by atoms with Gasteiger partial charge >= 0.3 is 0 Å². The van der Waals surface area contributed by atoms with Crippen molar-refractivity contribution in [3.8, 4) is 5.75 Å². The zero-order chi connectivity index (χ0) is 10.2. The number of hydrogen-bond donors (Lipinski definition) is 2. The van der Waals surface area contributed by atoms with Gasteiger partial charge in [0, 0.05) is 6.07 Å². The van der Waals surface area contributed by atoms with E-state index in [1.165, 1.54) is 0 Å². The number of rotatable bonds is 1. The summed E-state index contributed by atoms with van der Waals surface area (Å²) >= 11 is 10.8. The van der Waals surface area contributed by atoms with Crippen molar-refractivity contribution in [3.05, 3.63) is 22.2 Å². The molecule has 2 N–H and O–H groups in total. The predicted octanol–water partition coefficient (Wildman–Crippen LogP) is 1.95. The first-order valence-corrected chi connectivity index (χ1v) is 5.17. The molecule has 0 unspecified atom stereocenters. The van der Waals surface area contributed by atoms with E-state index in [1.54, 1.807) is 0 Å². The van der Waals surface area contributed by atoms with Crippen LogP contribution in [0.1, 0.15) is 0 Å². The van der Waals surface area contributed by atoms with Crippen LogP contribution in [-0.4, -0.2) is 18.1 Å². The maximum absolute atomic E-state index is 10.6. The monoisotopic (exact) mass is 242 g/mol. The van der Waals surface area contributed by atoms with Gasteiger partial charge in [-0.3, -0.25) is 4.55 Å². The average Bonchev–Trinajstić information content (AvgIpc) is 1.94. The number of aromatic hydroxyl groups is 1.